The van der Waals surface area contributed by atoms with Gasteiger partial charge in [0.25, 0.3) is 0 Å². The van der Waals surface area contributed by atoms with Gasteiger partial charge in [-0.25, -0.2) is 17.2 Å². The number of benzene rings is 1. The molecule has 4 heterocycles. The molecule has 3 aliphatic rings. The number of nitrogens with zero attached hydrogens (tertiary/aromatic N) is 3. The molecular weight excluding hydrogens is 360 g/mol. The Labute approximate surface area is 151 Å². The Morgan fingerprint density at radius 1 is 1.12 bits per heavy atom. The molecule has 3 aliphatic heterocycles. The number of sulfonamides is 1. The molecule has 26 heavy (non-hydrogen) atoms. The fourth-order valence-electron chi connectivity index (χ4n) is 3.90. The Kier molecular flexibility index (Phi) is 4.29. The van der Waals surface area contributed by atoms with E-state index in [-0.39, 0.29) is 17.0 Å². The highest BCUT2D eigenvalue weighted by atomic mass is 32.2. The Hall–Kier alpha value is -1.90. The Morgan fingerprint density at radius 2 is 1.77 bits per heavy atom. The third kappa shape index (κ3) is 3.13. The van der Waals surface area contributed by atoms with E-state index in [1.165, 1.54) is 4.31 Å². The van der Waals surface area contributed by atoms with Crippen LogP contribution in [0.5, 0.6) is 0 Å². The molecule has 2 bridgehead atoms. The van der Waals surface area contributed by atoms with Crippen molar-refractivity contribution in [2.75, 3.05) is 13.1 Å². The third-order valence-corrected chi connectivity index (χ3v) is 6.93. The maximum atomic E-state index is 13.4. The minimum Gasteiger partial charge on any atom is -0.294 e. The molecule has 3 fully saturated rings. The lowest BCUT2D eigenvalue weighted by atomic mass is 9.91. The minimum absolute atomic E-state index is 0.171. The number of pyridine rings is 1. The largest absolute Gasteiger partial charge is 0.294 e. The molecule has 2 unspecified atom stereocenters. The number of piperidine rings is 1. The van der Waals surface area contributed by atoms with Crippen molar-refractivity contribution in [3.8, 4) is 0 Å². The molecule has 0 aliphatic carbocycles. The lowest BCUT2D eigenvalue weighted by Crippen LogP contribution is -2.69. The molecule has 0 saturated carbocycles. The topological polar surface area (TPSA) is 53.5 Å². The van der Waals surface area contributed by atoms with Gasteiger partial charge in [0.15, 0.2) is 0 Å². The summed E-state index contributed by atoms with van der Waals surface area (Å²) in [5.74, 6) is -1.78. The molecule has 2 aromatic rings. The van der Waals surface area contributed by atoms with Crippen LogP contribution in [0, 0.1) is 18.6 Å². The van der Waals surface area contributed by atoms with Crippen molar-refractivity contribution < 1.29 is 17.2 Å². The lowest BCUT2D eigenvalue weighted by molar-refractivity contribution is -0.0109. The molecule has 5 rings (SSSR count). The zero-order valence-electron chi connectivity index (χ0n) is 14.3. The van der Waals surface area contributed by atoms with E-state index in [1.54, 1.807) is 0 Å². The van der Waals surface area contributed by atoms with E-state index in [0.29, 0.717) is 25.7 Å². The molecule has 5 nitrogen and oxygen atoms in total. The summed E-state index contributed by atoms with van der Waals surface area (Å²) in [7, 11) is -3.90. The summed E-state index contributed by atoms with van der Waals surface area (Å²) in [6.45, 7) is 3.77. The number of hydrogen-bond acceptors (Lipinski definition) is 4. The number of piperazine rings is 1. The molecule has 2 atom stereocenters. The predicted octanol–water partition coefficient (Wildman–Crippen LogP) is 2.32. The van der Waals surface area contributed by atoms with Gasteiger partial charge in [-0.05, 0) is 37.6 Å². The van der Waals surface area contributed by atoms with E-state index in [4.69, 9.17) is 0 Å². The van der Waals surface area contributed by atoms with E-state index in [1.807, 2.05) is 25.1 Å². The zero-order valence-corrected chi connectivity index (χ0v) is 15.1. The van der Waals surface area contributed by atoms with Crippen LogP contribution in [0.2, 0.25) is 0 Å². The van der Waals surface area contributed by atoms with Crippen molar-refractivity contribution in [1.29, 1.82) is 0 Å². The van der Waals surface area contributed by atoms with Crippen molar-refractivity contribution in [2.24, 2.45) is 0 Å². The summed E-state index contributed by atoms with van der Waals surface area (Å²) in [4.78, 5) is 6.34. The van der Waals surface area contributed by atoms with Crippen molar-refractivity contribution in [1.82, 2.24) is 14.2 Å². The molecular formula is C18H19F2N3O2S. The van der Waals surface area contributed by atoms with Crippen LogP contribution in [0.4, 0.5) is 8.78 Å². The SMILES string of the molecule is Cc1cccc(CN2CC3CC(C2)N3S(=O)(=O)c2cc(F)cc(F)c2)n1. The number of aryl methyl sites for hydroxylation is 1. The molecule has 3 saturated heterocycles. The summed E-state index contributed by atoms with van der Waals surface area (Å²) in [5, 5.41) is 0. The van der Waals surface area contributed by atoms with E-state index < -0.39 is 21.7 Å². The maximum absolute atomic E-state index is 13.4. The zero-order chi connectivity index (χ0) is 18.5. The molecule has 8 heteroatoms. The summed E-state index contributed by atoms with van der Waals surface area (Å²) < 4.78 is 53.9. The maximum Gasteiger partial charge on any atom is 0.243 e. The molecule has 0 N–H and O–H groups in total. The van der Waals surface area contributed by atoms with Crippen LogP contribution in [0.25, 0.3) is 0 Å². The normalized spacial score (nSPS) is 23.7. The molecule has 1 aromatic heterocycles. The van der Waals surface area contributed by atoms with Crippen LogP contribution >= 0.6 is 0 Å². The highest BCUT2D eigenvalue weighted by Gasteiger charge is 2.51. The van der Waals surface area contributed by atoms with E-state index in [0.717, 1.165) is 29.9 Å². The van der Waals surface area contributed by atoms with Gasteiger partial charge in [0.05, 0.1) is 10.6 Å². The molecule has 0 amide bonds. The van der Waals surface area contributed by atoms with E-state index in [9.17, 15) is 17.2 Å². The highest BCUT2D eigenvalue weighted by Crippen LogP contribution is 2.38. The average Bonchev–Trinajstić information content (AvgIpc) is 2.53. The molecule has 1 aromatic carbocycles. The molecule has 0 radical (unpaired) electrons. The predicted molar refractivity (Wildman–Crippen MR) is 91.8 cm³/mol. The lowest BCUT2D eigenvalue weighted by Gasteiger charge is -2.55. The van der Waals surface area contributed by atoms with Gasteiger partial charge in [-0.2, -0.15) is 4.31 Å². The Morgan fingerprint density at radius 3 is 2.38 bits per heavy atom. The van der Waals surface area contributed by atoms with Gasteiger partial charge >= 0.3 is 0 Å². The monoisotopic (exact) mass is 379 g/mol. The number of rotatable bonds is 4. The first-order chi connectivity index (χ1) is 12.3. The second-order valence-electron chi connectivity index (χ2n) is 6.95. The first-order valence-electron chi connectivity index (χ1n) is 8.47. The Bertz CT molecular complexity index is 919. The van der Waals surface area contributed by atoms with Crippen molar-refractivity contribution in [3.05, 3.63) is 59.4 Å². The van der Waals surface area contributed by atoms with Crippen LogP contribution in [-0.4, -0.2) is 47.8 Å². The fourth-order valence-corrected chi connectivity index (χ4v) is 5.76. The van der Waals surface area contributed by atoms with Crippen LogP contribution in [0.15, 0.2) is 41.3 Å². The number of fused-ring (bicyclic) bond motifs is 2. The van der Waals surface area contributed by atoms with E-state index in [2.05, 4.69) is 9.88 Å². The van der Waals surface area contributed by atoms with Crippen LogP contribution < -0.4 is 0 Å². The van der Waals surface area contributed by atoms with Gasteiger partial charge in [-0.1, -0.05) is 6.07 Å². The molecule has 138 valence electrons. The number of aromatic nitrogens is 1. The fraction of sp³-hybridized carbons (Fsp3) is 0.389. The third-order valence-electron chi connectivity index (χ3n) is 4.94. The highest BCUT2D eigenvalue weighted by molar-refractivity contribution is 7.89. The van der Waals surface area contributed by atoms with Crippen LogP contribution in [0.3, 0.4) is 0 Å². The average molecular weight is 379 g/mol. The van der Waals surface area contributed by atoms with Gasteiger partial charge in [0.1, 0.15) is 11.6 Å². The number of halogens is 2. The van der Waals surface area contributed by atoms with Gasteiger partial charge in [0.2, 0.25) is 10.0 Å². The second kappa shape index (κ2) is 6.37. The molecule has 0 spiro atoms. The van der Waals surface area contributed by atoms with Crippen molar-refractivity contribution >= 4 is 10.0 Å². The summed E-state index contributed by atoms with van der Waals surface area (Å²) in [5.41, 5.74) is 1.90. The minimum atomic E-state index is -3.90. The quantitative estimate of drug-likeness (QED) is 0.818. The van der Waals surface area contributed by atoms with Crippen LogP contribution in [0.1, 0.15) is 17.8 Å². The van der Waals surface area contributed by atoms with Crippen LogP contribution in [-0.2, 0) is 16.6 Å². The van der Waals surface area contributed by atoms with Crippen molar-refractivity contribution in [3.63, 3.8) is 0 Å². The van der Waals surface area contributed by atoms with E-state index >= 15 is 0 Å². The summed E-state index contributed by atoms with van der Waals surface area (Å²) >= 11 is 0. The first kappa shape index (κ1) is 17.5. The van der Waals surface area contributed by atoms with Gasteiger partial charge in [-0.15, -0.1) is 0 Å². The smallest absolute Gasteiger partial charge is 0.243 e. The summed E-state index contributed by atoms with van der Waals surface area (Å²) in [6.07, 6.45) is 0.773. The Balaban J connectivity index is 1.50. The van der Waals surface area contributed by atoms with Gasteiger partial charge in [0, 0.05) is 43.5 Å². The summed E-state index contributed by atoms with van der Waals surface area (Å²) in [6, 6.07) is 7.93. The van der Waals surface area contributed by atoms with Gasteiger partial charge < -0.3 is 0 Å². The van der Waals surface area contributed by atoms with Gasteiger partial charge in [-0.3, -0.25) is 9.88 Å². The standard InChI is InChI=1S/C18H19F2N3O2S/c1-12-3-2-4-15(21-12)9-22-10-16-8-17(11-22)23(16)26(24,25)18-6-13(19)5-14(20)7-18/h2-7,16-17H,8-11H2,1H3. The second-order valence-corrected chi connectivity index (χ2v) is 8.79. The first-order valence-corrected chi connectivity index (χ1v) is 9.91. The number of hydrogen-bond donors (Lipinski definition) is 0. The van der Waals surface area contributed by atoms with Crippen molar-refractivity contribution in [2.45, 2.75) is 36.9 Å².